The zero-order valence-corrected chi connectivity index (χ0v) is 13.4. The molecule has 2 nitrogen and oxygen atoms in total. The fourth-order valence-corrected chi connectivity index (χ4v) is 2.22. The van der Waals surface area contributed by atoms with Gasteiger partial charge in [-0.15, -0.1) is 0 Å². The number of benzene rings is 2. The Balaban J connectivity index is 2.47. The molecule has 1 unspecified atom stereocenters. The Bertz CT molecular complexity index is 657. The van der Waals surface area contributed by atoms with E-state index in [0.29, 0.717) is 22.1 Å². The van der Waals surface area contributed by atoms with Crippen LogP contribution in [0.3, 0.4) is 0 Å². The van der Waals surface area contributed by atoms with Crippen molar-refractivity contribution in [2.75, 3.05) is 7.05 Å². The molecule has 1 N–H and O–H groups in total. The topological polar surface area (TPSA) is 21.3 Å². The molecule has 0 fully saturated rings. The minimum atomic E-state index is -0.234. The van der Waals surface area contributed by atoms with Crippen LogP contribution in [0.15, 0.2) is 30.3 Å². The van der Waals surface area contributed by atoms with Crippen LogP contribution in [0.2, 0.25) is 5.02 Å². The smallest absolute Gasteiger partial charge is 0.132 e. The summed E-state index contributed by atoms with van der Waals surface area (Å²) in [7, 11) is 1.83. The largest absolute Gasteiger partial charge is 0.457 e. The molecule has 0 aliphatic heterocycles. The molecule has 2 aromatic carbocycles. The van der Waals surface area contributed by atoms with Crippen molar-refractivity contribution in [2.45, 2.75) is 26.8 Å². The van der Waals surface area contributed by atoms with Crippen LogP contribution in [0.25, 0.3) is 0 Å². The predicted molar refractivity (Wildman–Crippen MR) is 84.9 cm³/mol. The Labute approximate surface area is 129 Å². The van der Waals surface area contributed by atoms with Gasteiger partial charge in [0.15, 0.2) is 0 Å². The zero-order valence-electron chi connectivity index (χ0n) is 12.6. The molecule has 21 heavy (non-hydrogen) atoms. The molecular weight excluding hydrogens is 289 g/mol. The summed E-state index contributed by atoms with van der Waals surface area (Å²) in [5, 5.41) is 3.72. The van der Waals surface area contributed by atoms with E-state index >= 15 is 0 Å². The molecule has 0 aliphatic carbocycles. The average Bonchev–Trinajstić information content (AvgIpc) is 2.45. The molecule has 0 spiro atoms. The number of hydrogen-bond acceptors (Lipinski definition) is 2. The van der Waals surface area contributed by atoms with Gasteiger partial charge in [0.2, 0.25) is 0 Å². The molecule has 4 heteroatoms. The molecule has 0 bridgehead atoms. The molecule has 0 radical (unpaired) electrons. The lowest BCUT2D eigenvalue weighted by Gasteiger charge is -2.18. The molecule has 0 aliphatic rings. The number of nitrogens with one attached hydrogen (secondary N) is 1. The van der Waals surface area contributed by atoms with Crippen molar-refractivity contribution in [2.24, 2.45) is 0 Å². The number of aryl methyl sites for hydroxylation is 2. The lowest BCUT2D eigenvalue weighted by atomic mass is 10.0. The highest BCUT2D eigenvalue weighted by Gasteiger charge is 2.15. The van der Waals surface area contributed by atoms with Gasteiger partial charge >= 0.3 is 0 Å². The zero-order chi connectivity index (χ0) is 15.6. The fourth-order valence-electron chi connectivity index (χ4n) is 2.06. The van der Waals surface area contributed by atoms with Crippen LogP contribution in [-0.2, 0) is 0 Å². The number of hydrogen-bond donors (Lipinski definition) is 1. The lowest BCUT2D eigenvalue weighted by molar-refractivity contribution is 0.459. The minimum absolute atomic E-state index is 0.0189. The second-order valence-corrected chi connectivity index (χ2v) is 5.60. The maximum atomic E-state index is 13.8. The minimum Gasteiger partial charge on any atom is -0.457 e. The first-order valence-electron chi connectivity index (χ1n) is 6.83. The van der Waals surface area contributed by atoms with Gasteiger partial charge in [-0.1, -0.05) is 17.7 Å². The predicted octanol–water partition coefficient (Wildman–Crippen LogP) is 5.17. The monoisotopic (exact) mass is 307 g/mol. The normalized spacial score (nSPS) is 12.3. The summed E-state index contributed by atoms with van der Waals surface area (Å²) in [5.74, 6) is 1.08. The van der Waals surface area contributed by atoms with Crippen LogP contribution in [0.1, 0.15) is 29.7 Å². The number of ether oxygens (including phenoxy) is 1. The van der Waals surface area contributed by atoms with Crippen LogP contribution in [0, 0.1) is 19.7 Å². The van der Waals surface area contributed by atoms with Gasteiger partial charge in [-0.05, 0) is 63.2 Å². The summed E-state index contributed by atoms with van der Waals surface area (Å²) in [6, 6.07) is 8.70. The molecule has 112 valence electrons. The first-order valence-corrected chi connectivity index (χ1v) is 7.21. The Morgan fingerprint density at radius 3 is 2.48 bits per heavy atom. The van der Waals surface area contributed by atoms with E-state index in [2.05, 4.69) is 5.32 Å². The molecule has 0 saturated carbocycles. The van der Waals surface area contributed by atoms with E-state index in [1.54, 1.807) is 19.1 Å². The first kappa shape index (κ1) is 15.8. The maximum absolute atomic E-state index is 13.8. The van der Waals surface area contributed by atoms with Crippen molar-refractivity contribution >= 4 is 11.6 Å². The second-order valence-electron chi connectivity index (χ2n) is 5.16. The quantitative estimate of drug-likeness (QED) is 0.841. The van der Waals surface area contributed by atoms with Crippen LogP contribution < -0.4 is 10.1 Å². The van der Waals surface area contributed by atoms with E-state index < -0.39 is 0 Å². The Kier molecular flexibility index (Phi) is 4.86. The summed E-state index contributed by atoms with van der Waals surface area (Å²) in [5.41, 5.74) is 2.31. The summed E-state index contributed by atoms with van der Waals surface area (Å²) < 4.78 is 19.8. The molecule has 2 rings (SSSR count). The third-order valence-electron chi connectivity index (χ3n) is 3.56. The molecule has 0 saturated heterocycles. The van der Waals surface area contributed by atoms with Gasteiger partial charge in [0.05, 0.1) is 0 Å². The molecule has 0 heterocycles. The lowest BCUT2D eigenvalue weighted by Crippen LogP contribution is -2.14. The highest BCUT2D eigenvalue weighted by atomic mass is 35.5. The highest BCUT2D eigenvalue weighted by Crippen LogP contribution is 2.34. The number of rotatable bonds is 4. The SMILES string of the molecule is CNC(C)c1cc(F)c(C)cc1Oc1cc(Cl)ccc1C. The van der Waals surface area contributed by atoms with E-state index in [9.17, 15) is 4.39 Å². The van der Waals surface area contributed by atoms with Crippen LogP contribution in [0.4, 0.5) is 4.39 Å². The molecule has 1 atom stereocenters. The van der Waals surface area contributed by atoms with E-state index in [-0.39, 0.29) is 11.9 Å². The van der Waals surface area contributed by atoms with Gasteiger partial charge < -0.3 is 10.1 Å². The van der Waals surface area contributed by atoms with E-state index in [1.165, 1.54) is 6.07 Å². The molecule has 0 amide bonds. The van der Waals surface area contributed by atoms with Crippen LogP contribution in [-0.4, -0.2) is 7.05 Å². The third-order valence-corrected chi connectivity index (χ3v) is 3.80. The average molecular weight is 308 g/mol. The van der Waals surface area contributed by atoms with Gasteiger partial charge in [-0.3, -0.25) is 0 Å². The standard InChI is InChI=1S/C17H19ClFNO/c1-10-5-6-13(18)8-16(10)21-17-7-11(2)15(19)9-14(17)12(3)20-4/h5-9,12,20H,1-4H3. The van der Waals surface area contributed by atoms with Crippen molar-refractivity contribution in [3.05, 3.63) is 57.9 Å². The van der Waals surface area contributed by atoms with Crippen molar-refractivity contribution in [3.8, 4) is 11.5 Å². The Morgan fingerprint density at radius 2 is 1.81 bits per heavy atom. The highest BCUT2D eigenvalue weighted by molar-refractivity contribution is 6.30. The summed E-state index contributed by atoms with van der Waals surface area (Å²) in [4.78, 5) is 0. The summed E-state index contributed by atoms with van der Waals surface area (Å²) in [6.07, 6.45) is 0. The Hall–Kier alpha value is -1.58. The molecule has 0 aromatic heterocycles. The summed E-state index contributed by atoms with van der Waals surface area (Å²) in [6.45, 7) is 5.63. The maximum Gasteiger partial charge on any atom is 0.132 e. The van der Waals surface area contributed by atoms with Crippen molar-refractivity contribution in [1.82, 2.24) is 5.32 Å². The van der Waals surface area contributed by atoms with E-state index in [0.717, 1.165) is 11.1 Å². The van der Waals surface area contributed by atoms with Crippen LogP contribution in [0.5, 0.6) is 11.5 Å². The summed E-state index contributed by atoms with van der Waals surface area (Å²) >= 11 is 6.02. The fraction of sp³-hybridized carbons (Fsp3) is 0.294. The van der Waals surface area contributed by atoms with Gasteiger partial charge in [0.1, 0.15) is 17.3 Å². The van der Waals surface area contributed by atoms with Crippen LogP contribution >= 0.6 is 11.6 Å². The Morgan fingerprint density at radius 1 is 1.10 bits per heavy atom. The van der Waals surface area contributed by atoms with Crippen molar-refractivity contribution < 1.29 is 9.13 Å². The van der Waals surface area contributed by atoms with Crippen molar-refractivity contribution in [1.29, 1.82) is 0 Å². The second kappa shape index (κ2) is 6.46. The number of halogens is 2. The molecule has 2 aromatic rings. The van der Waals surface area contributed by atoms with Crippen molar-refractivity contribution in [3.63, 3.8) is 0 Å². The van der Waals surface area contributed by atoms with Gasteiger partial charge in [-0.2, -0.15) is 0 Å². The molecular formula is C17H19ClFNO. The van der Waals surface area contributed by atoms with Gasteiger partial charge in [0, 0.05) is 16.6 Å². The van der Waals surface area contributed by atoms with Gasteiger partial charge in [0.25, 0.3) is 0 Å². The third kappa shape index (κ3) is 3.55. The first-order chi connectivity index (χ1) is 9.92. The van der Waals surface area contributed by atoms with Gasteiger partial charge in [-0.25, -0.2) is 4.39 Å². The van der Waals surface area contributed by atoms with E-state index in [4.69, 9.17) is 16.3 Å². The van der Waals surface area contributed by atoms with E-state index in [1.807, 2.05) is 33.0 Å².